The van der Waals surface area contributed by atoms with E-state index in [2.05, 4.69) is 5.32 Å². The van der Waals surface area contributed by atoms with Crippen LogP contribution in [0, 0.1) is 6.92 Å². The highest BCUT2D eigenvalue weighted by atomic mass is 16.2. The lowest BCUT2D eigenvalue weighted by atomic mass is 9.95. The summed E-state index contributed by atoms with van der Waals surface area (Å²) in [5, 5.41) is 2.87. The number of anilines is 1. The number of hydrogen-bond acceptors (Lipinski definition) is 2. The van der Waals surface area contributed by atoms with Crippen molar-refractivity contribution in [1.29, 1.82) is 0 Å². The molecule has 0 aliphatic heterocycles. The van der Waals surface area contributed by atoms with E-state index in [-0.39, 0.29) is 17.4 Å². The van der Waals surface area contributed by atoms with Crippen LogP contribution in [0.2, 0.25) is 0 Å². The van der Waals surface area contributed by atoms with Crippen LogP contribution in [0.25, 0.3) is 5.69 Å². The Hall–Kier alpha value is -3.08. The summed E-state index contributed by atoms with van der Waals surface area (Å²) in [6.45, 7) is 3.80. The molecule has 1 heterocycles. The first kappa shape index (κ1) is 17.7. The van der Waals surface area contributed by atoms with Crippen molar-refractivity contribution in [3.8, 4) is 5.69 Å². The van der Waals surface area contributed by atoms with Gasteiger partial charge >= 0.3 is 0 Å². The van der Waals surface area contributed by atoms with Gasteiger partial charge in [-0.3, -0.25) is 14.3 Å². The fourth-order valence-corrected chi connectivity index (χ4v) is 3.18. The summed E-state index contributed by atoms with van der Waals surface area (Å²) in [6.07, 6.45) is 0.661. The average molecular weight is 349 g/mol. The zero-order valence-electron chi connectivity index (χ0n) is 15.3. The van der Waals surface area contributed by atoms with Gasteiger partial charge in [0.05, 0.1) is 17.3 Å². The second kappa shape index (κ2) is 7.44. The lowest BCUT2D eigenvalue weighted by Gasteiger charge is -2.14. The average Bonchev–Trinajstić information content (AvgIpc) is 2.87. The summed E-state index contributed by atoms with van der Waals surface area (Å²) in [5.41, 5.74) is 2.53. The fourth-order valence-electron chi connectivity index (χ4n) is 3.18. The van der Waals surface area contributed by atoms with Gasteiger partial charge in [0.1, 0.15) is 5.69 Å². The van der Waals surface area contributed by atoms with Gasteiger partial charge in [0.15, 0.2) is 0 Å². The van der Waals surface area contributed by atoms with E-state index in [1.807, 2.05) is 81.6 Å². The monoisotopic (exact) mass is 349 g/mol. The Bertz CT molecular complexity index is 956. The molecule has 0 saturated heterocycles. The Balaban J connectivity index is 1.96. The third kappa shape index (κ3) is 3.20. The first-order chi connectivity index (χ1) is 12.5. The molecule has 0 saturated carbocycles. The van der Waals surface area contributed by atoms with Crippen molar-refractivity contribution >= 4 is 11.6 Å². The van der Waals surface area contributed by atoms with Crippen molar-refractivity contribution in [2.45, 2.75) is 26.2 Å². The Morgan fingerprint density at radius 2 is 1.62 bits per heavy atom. The Kier molecular flexibility index (Phi) is 5.07. The van der Waals surface area contributed by atoms with Crippen LogP contribution in [0.4, 0.5) is 5.69 Å². The maximum atomic E-state index is 12.9. The van der Waals surface area contributed by atoms with Gasteiger partial charge in [-0.1, -0.05) is 55.5 Å². The molecule has 0 unspecified atom stereocenters. The number of nitrogens with one attached hydrogen (secondary N) is 1. The summed E-state index contributed by atoms with van der Waals surface area (Å²) in [7, 11) is 1.81. The van der Waals surface area contributed by atoms with Gasteiger partial charge < -0.3 is 5.32 Å². The topological polar surface area (TPSA) is 56.0 Å². The number of para-hydroxylation sites is 1. The first-order valence-corrected chi connectivity index (χ1v) is 8.74. The maximum absolute atomic E-state index is 12.9. The minimum Gasteiger partial charge on any atom is -0.319 e. The maximum Gasteiger partial charge on any atom is 0.295 e. The van der Waals surface area contributed by atoms with Crippen LogP contribution in [-0.4, -0.2) is 15.3 Å². The van der Waals surface area contributed by atoms with Crippen LogP contribution >= 0.6 is 0 Å². The summed E-state index contributed by atoms with van der Waals surface area (Å²) in [6, 6.07) is 19.0. The highest BCUT2D eigenvalue weighted by molar-refractivity contribution is 5.96. The molecule has 0 radical (unpaired) electrons. The van der Waals surface area contributed by atoms with E-state index in [1.165, 1.54) is 0 Å². The number of rotatable bonds is 5. The van der Waals surface area contributed by atoms with E-state index in [4.69, 9.17) is 0 Å². The fraction of sp³-hybridized carbons (Fsp3) is 0.238. The Labute approximate surface area is 152 Å². The molecule has 0 aliphatic carbocycles. The minimum absolute atomic E-state index is 0.162. The predicted octanol–water partition coefficient (Wildman–Crippen LogP) is 3.62. The lowest BCUT2D eigenvalue weighted by Crippen LogP contribution is -2.26. The normalized spacial score (nSPS) is 12.0. The highest BCUT2D eigenvalue weighted by Crippen LogP contribution is 2.22. The molecule has 5 heteroatoms. The number of hydrogen-bond donors (Lipinski definition) is 1. The van der Waals surface area contributed by atoms with Crippen LogP contribution in [0.3, 0.4) is 0 Å². The van der Waals surface area contributed by atoms with Gasteiger partial charge in [-0.15, -0.1) is 0 Å². The van der Waals surface area contributed by atoms with E-state index in [0.717, 1.165) is 16.9 Å². The number of carbonyl (C=O) groups is 1. The van der Waals surface area contributed by atoms with Crippen LogP contribution in [-0.2, 0) is 11.8 Å². The van der Waals surface area contributed by atoms with E-state index in [1.54, 1.807) is 9.36 Å². The molecule has 26 heavy (non-hydrogen) atoms. The molecular formula is C21H23N3O2. The van der Waals surface area contributed by atoms with Crippen LogP contribution in [0.1, 0.15) is 30.5 Å². The zero-order valence-corrected chi connectivity index (χ0v) is 15.3. The molecule has 3 rings (SSSR count). The van der Waals surface area contributed by atoms with E-state index >= 15 is 0 Å². The molecule has 2 aromatic carbocycles. The zero-order chi connectivity index (χ0) is 18.7. The SMILES string of the molecule is CC[C@H](C(=O)Nc1c(C)n(C)n(-c2ccccc2)c1=O)c1ccccc1. The molecule has 0 fully saturated rings. The van der Waals surface area contributed by atoms with Crippen LogP contribution in [0.5, 0.6) is 0 Å². The first-order valence-electron chi connectivity index (χ1n) is 8.74. The van der Waals surface area contributed by atoms with Gasteiger partial charge in [-0.25, -0.2) is 4.68 Å². The van der Waals surface area contributed by atoms with Gasteiger partial charge in [0.2, 0.25) is 5.91 Å². The Morgan fingerprint density at radius 3 is 2.19 bits per heavy atom. The van der Waals surface area contributed by atoms with Gasteiger partial charge in [-0.2, -0.15) is 0 Å². The molecule has 5 nitrogen and oxygen atoms in total. The van der Waals surface area contributed by atoms with Gasteiger partial charge in [0, 0.05) is 7.05 Å². The van der Waals surface area contributed by atoms with Crippen molar-refractivity contribution in [3.05, 3.63) is 82.3 Å². The van der Waals surface area contributed by atoms with Crippen LogP contribution in [0.15, 0.2) is 65.5 Å². The lowest BCUT2D eigenvalue weighted by molar-refractivity contribution is -0.117. The van der Waals surface area contributed by atoms with Gasteiger partial charge in [0.25, 0.3) is 5.56 Å². The highest BCUT2D eigenvalue weighted by Gasteiger charge is 2.23. The summed E-state index contributed by atoms with van der Waals surface area (Å²) < 4.78 is 3.32. The van der Waals surface area contributed by atoms with E-state index in [9.17, 15) is 9.59 Å². The molecule has 134 valence electrons. The number of amides is 1. The standard InChI is InChI=1S/C21H23N3O2/c1-4-18(16-11-7-5-8-12-16)20(25)22-19-15(2)23(3)24(21(19)26)17-13-9-6-10-14-17/h5-14,18H,4H2,1-3H3,(H,22,25)/t18-/m0/s1. The molecule has 1 amide bonds. The number of nitrogens with zero attached hydrogens (tertiary/aromatic N) is 2. The van der Waals surface area contributed by atoms with Crippen molar-refractivity contribution in [2.75, 3.05) is 5.32 Å². The predicted molar refractivity (Wildman–Crippen MR) is 104 cm³/mol. The van der Waals surface area contributed by atoms with Crippen LogP contribution < -0.4 is 10.9 Å². The molecule has 0 spiro atoms. The molecule has 1 atom stereocenters. The van der Waals surface area contributed by atoms with Crippen molar-refractivity contribution in [3.63, 3.8) is 0 Å². The molecular weight excluding hydrogens is 326 g/mol. The largest absolute Gasteiger partial charge is 0.319 e. The number of carbonyl (C=O) groups excluding carboxylic acids is 1. The summed E-state index contributed by atoms with van der Waals surface area (Å²) in [5.74, 6) is -0.454. The third-order valence-corrected chi connectivity index (χ3v) is 4.73. The molecule has 1 aromatic heterocycles. The van der Waals surface area contributed by atoms with E-state index in [0.29, 0.717) is 12.1 Å². The second-order valence-electron chi connectivity index (χ2n) is 6.30. The van der Waals surface area contributed by atoms with Crippen molar-refractivity contribution in [2.24, 2.45) is 7.05 Å². The Morgan fingerprint density at radius 1 is 1.04 bits per heavy atom. The summed E-state index contributed by atoms with van der Waals surface area (Å²) in [4.78, 5) is 25.8. The van der Waals surface area contributed by atoms with Gasteiger partial charge in [-0.05, 0) is 31.0 Å². The van der Waals surface area contributed by atoms with Crippen molar-refractivity contribution < 1.29 is 4.79 Å². The number of aromatic nitrogens is 2. The minimum atomic E-state index is -0.291. The van der Waals surface area contributed by atoms with E-state index < -0.39 is 0 Å². The molecule has 0 aliphatic rings. The molecule has 0 bridgehead atoms. The summed E-state index contributed by atoms with van der Waals surface area (Å²) >= 11 is 0. The third-order valence-electron chi connectivity index (χ3n) is 4.73. The van der Waals surface area contributed by atoms with Crippen molar-refractivity contribution in [1.82, 2.24) is 9.36 Å². The second-order valence-corrected chi connectivity index (χ2v) is 6.30. The molecule has 3 aromatic rings. The smallest absolute Gasteiger partial charge is 0.295 e. The number of benzene rings is 2. The quantitative estimate of drug-likeness (QED) is 0.765. The molecule has 1 N–H and O–H groups in total.